The number of rotatable bonds is 5. The molecule has 0 amide bonds. The van der Waals surface area contributed by atoms with Crippen LogP contribution in [0.5, 0.6) is 5.75 Å². The SMILES string of the molecule is COc1ccccc1S(=O)(=O)CC(=O)c1ccc(F)cc1. The van der Waals surface area contributed by atoms with E-state index >= 15 is 0 Å². The Morgan fingerprint density at radius 3 is 2.33 bits per heavy atom. The molecular formula is C15H13FO4S. The fourth-order valence-electron chi connectivity index (χ4n) is 1.85. The highest BCUT2D eigenvalue weighted by atomic mass is 32.2. The first-order valence-electron chi connectivity index (χ1n) is 6.08. The maximum absolute atomic E-state index is 12.8. The number of carbonyl (C=O) groups excluding carboxylic acids is 1. The van der Waals surface area contributed by atoms with Crippen molar-refractivity contribution in [3.8, 4) is 5.75 Å². The number of benzene rings is 2. The maximum atomic E-state index is 12.8. The van der Waals surface area contributed by atoms with Crippen LogP contribution >= 0.6 is 0 Å². The van der Waals surface area contributed by atoms with Crippen molar-refractivity contribution in [1.82, 2.24) is 0 Å². The summed E-state index contributed by atoms with van der Waals surface area (Å²) < 4.78 is 42.4. The third-order valence-electron chi connectivity index (χ3n) is 2.89. The van der Waals surface area contributed by atoms with Gasteiger partial charge in [0.2, 0.25) is 0 Å². The molecule has 0 aliphatic carbocycles. The minimum atomic E-state index is -3.83. The third-order valence-corrected chi connectivity index (χ3v) is 4.54. The van der Waals surface area contributed by atoms with Gasteiger partial charge in [-0.25, -0.2) is 12.8 Å². The molecule has 2 aromatic rings. The van der Waals surface area contributed by atoms with Crippen LogP contribution in [0.1, 0.15) is 10.4 Å². The quantitative estimate of drug-likeness (QED) is 0.796. The molecule has 110 valence electrons. The zero-order valence-electron chi connectivity index (χ0n) is 11.2. The van der Waals surface area contributed by atoms with Gasteiger partial charge in [0, 0.05) is 5.56 Å². The molecule has 0 radical (unpaired) electrons. The fraction of sp³-hybridized carbons (Fsp3) is 0.133. The van der Waals surface area contributed by atoms with Gasteiger partial charge < -0.3 is 4.74 Å². The molecule has 0 N–H and O–H groups in total. The Bertz CT molecular complexity index is 751. The van der Waals surface area contributed by atoms with Crippen LogP contribution in [0.25, 0.3) is 0 Å². The smallest absolute Gasteiger partial charge is 0.189 e. The highest BCUT2D eigenvalue weighted by molar-refractivity contribution is 7.92. The maximum Gasteiger partial charge on any atom is 0.189 e. The molecule has 0 unspecified atom stereocenters. The van der Waals surface area contributed by atoms with E-state index in [1.807, 2.05) is 0 Å². The second-order valence-corrected chi connectivity index (χ2v) is 6.30. The Morgan fingerprint density at radius 1 is 1.10 bits per heavy atom. The monoisotopic (exact) mass is 308 g/mol. The summed E-state index contributed by atoms with van der Waals surface area (Å²) in [6, 6.07) is 10.8. The topological polar surface area (TPSA) is 60.4 Å². The van der Waals surface area contributed by atoms with Crippen molar-refractivity contribution in [2.75, 3.05) is 12.9 Å². The summed E-state index contributed by atoms with van der Waals surface area (Å²) in [7, 11) is -2.47. The van der Waals surface area contributed by atoms with Crippen molar-refractivity contribution < 1.29 is 22.3 Å². The number of methoxy groups -OCH3 is 1. The van der Waals surface area contributed by atoms with Gasteiger partial charge in [0.15, 0.2) is 15.6 Å². The average Bonchev–Trinajstić information content (AvgIpc) is 2.47. The highest BCUT2D eigenvalue weighted by Crippen LogP contribution is 2.24. The predicted octanol–water partition coefficient (Wildman–Crippen LogP) is 2.49. The van der Waals surface area contributed by atoms with E-state index in [0.29, 0.717) is 0 Å². The van der Waals surface area contributed by atoms with Gasteiger partial charge >= 0.3 is 0 Å². The van der Waals surface area contributed by atoms with E-state index in [2.05, 4.69) is 0 Å². The summed E-state index contributed by atoms with van der Waals surface area (Å²) in [6.07, 6.45) is 0. The van der Waals surface area contributed by atoms with E-state index in [9.17, 15) is 17.6 Å². The van der Waals surface area contributed by atoms with E-state index in [-0.39, 0.29) is 16.2 Å². The Balaban J connectivity index is 2.29. The molecule has 0 atom stereocenters. The molecule has 0 spiro atoms. The van der Waals surface area contributed by atoms with Gasteiger partial charge in [0.1, 0.15) is 22.2 Å². The van der Waals surface area contributed by atoms with Crippen LogP contribution in [0.15, 0.2) is 53.4 Å². The lowest BCUT2D eigenvalue weighted by atomic mass is 10.1. The van der Waals surface area contributed by atoms with Gasteiger partial charge in [-0.15, -0.1) is 0 Å². The number of para-hydroxylation sites is 1. The highest BCUT2D eigenvalue weighted by Gasteiger charge is 2.23. The van der Waals surface area contributed by atoms with Gasteiger partial charge in [-0.2, -0.15) is 0 Å². The van der Waals surface area contributed by atoms with Gasteiger partial charge in [-0.1, -0.05) is 12.1 Å². The van der Waals surface area contributed by atoms with Gasteiger partial charge in [0.25, 0.3) is 0 Å². The molecule has 0 aromatic heterocycles. The second-order valence-electron chi connectivity index (χ2n) is 4.34. The number of ketones is 1. The Morgan fingerprint density at radius 2 is 1.71 bits per heavy atom. The molecule has 0 fully saturated rings. The lowest BCUT2D eigenvalue weighted by Gasteiger charge is -2.08. The third kappa shape index (κ3) is 3.46. The van der Waals surface area contributed by atoms with Crippen molar-refractivity contribution >= 4 is 15.6 Å². The van der Waals surface area contributed by atoms with E-state index in [1.54, 1.807) is 12.1 Å². The zero-order chi connectivity index (χ0) is 15.5. The molecular weight excluding hydrogens is 295 g/mol. The van der Waals surface area contributed by atoms with Crippen molar-refractivity contribution in [3.05, 3.63) is 59.9 Å². The normalized spacial score (nSPS) is 11.1. The molecule has 0 saturated carbocycles. The second kappa shape index (κ2) is 6.05. The van der Waals surface area contributed by atoms with E-state index in [4.69, 9.17) is 4.74 Å². The summed E-state index contributed by atoms with van der Waals surface area (Å²) in [5, 5.41) is 0. The number of sulfone groups is 1. The number of carbonyl (C=O) groups is 1. The van der Waals surface area contributed by atoms with Crippen LogP contribution in [-0.4, -0.2) is 27.1 Å². The molecule has 21 heavy (non-hydrogen) atoms. The summed E-state index contributed by atoms with van der Waals surface area (Å²) in [5.41, 5.74) is 0.148. The lowest BCUT2D eigenvalue weighted by Crippen LogP contribution is -2.17. The van der Waals surface area contributed by atoms with Crippen molar-refractivity contribution in [3.63, 3.8) is 0 Å². The number of hydrogen-bond donors (Lipinski definition) is 0. The predicted molar refractivity (Wildman–Crippen MR) is 75.8 cm³/mol. The van der Waals surface area contributed by atoms with Crippen LogP contribution in [0, 0.1) is 5.82 Å². The molecule has 4 nitrogen and oxygen atoms in total. The lowest BCUT2D eigenvalue weighted by molar-refractivity contribution is 0.102. The van der Waals surface area contributed by atoms with Crippen LogP contribution in [0.2, 0.25) is 0 Å². The number of Topliss-reactive ketones (excluding diaryl/α,β-unsaturated/α-hetero) is 1. The largest absolute Gasteiger partial charge is 0.495 e. The van der Waals surface area contributed by atoms with Crippen LogP contribution < -0.4 is 4.74 Å². The van der Waals surface area contributed by atoms with Crippen LogP contribution in [-0.2, 0) is 9.84 Å². The fourth-order valence-corrected chi connectivity index (χ4v) is 3.26. The summed E-state index contributed by atoms with van der Waals surface area (Å²) in [4.78, 5) is 12.0. The van der Waals surface area contributed by atoms with Crippen LogP contribution in [0.4, 0.5) is 4.39 Å². The zero-order valence-corrected chi connectivity index (χ0v) is 12.1. The molecule has 0 aliphatic rings. The number of ether oxygens (including phenoxy) is 1. The minimum Gasteiger partial charge on any atom is -0.495 e. The van der Waals surface area contributed by atoms with Crippen molar-refractivity contribution in [2.24, 2.45) is 0 Å². The molecule has 2 rings (SSSR count). The first-order chi connectivity index (χ1) is 9.94. The van der Waals surface area contributed by atoms with Crippen molar-refractivity contribution in [2.45, 2.75) is 4.90 Å². The Labute approximate surface area is 122 Å². The minimum absolute atomic E-state index is 0.0389. The molecule has 0 aliphatic heterocycles. The van der Waals surface area contributed by atoms with Gasteiger partial charge in [0.05, 0.1) is 7.11 Å². The van der Waals surface area contributed by atoms with Gasteiger partial charge in [-0.3, -0.25) is 4.79 Å². The Kier molecular flexibility index (Phi) is 4.37. The van der Waals surface area contributed by atoms with E-state index in [1.165, 1.54) is 31.4 Å². The number of hydrogen-bond acceptors (Lipinski definition) is 4. The first kappa shape index (κ1) is 15.2. The summed E-state index contributed by atoms with van der Waals surface area (Å²) >= 11 is 0. The van der Waals surface area contributed by atoms with Crippen molar-refractivity contribution in [1.29, 1.82) is 0 Å². The standard InChI is InChI=1S/C15H13FO4S/c1-20-14-4-2-3-5-15(14)21(18,19)10-13(17)11-6-8-12(16)9-7-11/h2-9H,10H2,1H3. The van der Waals surface area contributed by atoms with E-state index < -0.39 is 27.2 Å². The molecule has 0 heterocycles. The summed E-state index contributed by atoms with van der Waals surface area (Å²) in [5.74, 6) is -1.59. The first-order valence-corrected chi connectivity index (χ1v) is 7.74. The molecule has 0 bridgehead atoms. The average molecular weight is 308 g/mol. The number of halogens is 1. The van der Waals surface area contributed by atoms with Gasteiger partial charge in [-0.05, 0) is 36.4 Å². The molecule has 2 aromatic carbocycles. The molecule has 0 saturated heterocycles. The van der Waals surface area contributed by atoms with Crippen LogP contribution in [0.3, 0.4) is 0 Å². The van der Waals surface area contributed by atoms with E-state index in [0.717, 1.165) is 12.1 Å². The molecule has 6 heteroatoms. The summed E-state index contributed by atoms with van der Waals surface area (Å²) in [6.45, 7) is 0. The Hall–Kier alpha value is -2.21.